The molecular weight excluding hydrogens is 177 g/mol. The molecule has 0 aliphatic carbocycles. The molecule has 1 aromatic carbocycles. The topological polar surface area (TPSA) is 12.0 Å². The average Bonchev–Trinajstić information content (AvgIpc) is 2.46. The van der Waals surface area contributed by atoms with E-state index in [0.717, 1.165) is 0 Å². The van der Waals surface area contributed by atoms with Gasteiger partial charge in [-0.25, -0.2) is 4.39 Å². The van der Waals surface area contributed by atoms with Crippen molar-refractivity contribution in [3.8, 4) is 0 Å². The molecule has 1 aliphatic heterocycles. The number of alkyl halides is 1. The molecule has 1 heterocycles. The summed E-state index contributed by atoms with van der Waals surface area (Å²) >= 11 is 0. The quantitative estimate of drug-likeness (QED) is 0.723. The number of rotatable bonds is 1. The maximum atomic E-state index is 13.6. The Kier molecular flexibility index (Phi) is 2.31. The van der Waals surface area contributed by atoms with E-state index in [1.807, 2.05) is 6.07 Å². The summed E-state index contributed by atoms with van der Waals surface area (Å²) < 4.78 is 13.6. The summed E-state index contributed by atoms with van der Waals surface area (Å²) in [5, 5.41) is 3.22. The van der Waals surface area contributed by atoms with Crippen LogP contribution in [-0.4, -0.2) is 12.2 Å². The Balaban J connectivity index is 2.17. The summed E-state index contributed by atoms with van der Waals surface area (Å²) in [5.74, 6) is 0. The molecule has 2 rings (SSSR count). The third-order valence-electron chi connectivity index (χ3n) is 2.79. The van der Waals surface area contributed by atoms with Gasteiger partial charge in [0, 0.05) is 19.0 Å². The van der Waals surface area contributed by atoms with Crippen molar-refractivity contribution >= 4 is 0 Å². The van der Waals surface area contributed by atoms with E-state index >= 15 is 0 Å². The first-order valence-corrected chi connectivity index (χ1v) is 5.06. The Bertz CT molecular complexity index is 333. The van der Waals surface area contributed by atoms with Gasteiger partial charge in [-0.1, -0.05) is 29.8 Å². The van der Waals surface area contributed by atoms with E-state index in [1.54, 1.807) is 6.92 Å². The predicted octanol–water partition coefficient (Wildman–Crippen LogP) is 2.76. The van der Waals surface area contributed by atoms with Gasteiger partial charge < -0.3 is 5.32 Å². The molecule has 0 amide bonds. The van der Waals surface area contributed by atoms with Crippen LogP contribution in [0.25, 0.3) is 0 Å². The first-order valence-electron chi connectivity index (χ1n) is 5.06. The third kappa shape index (κ3) is 1.95. The van der Waals surface area contributed by atoms with E-state index in [2.05, 4.69) is 30.4 Å². The second-order valence-corrected chi connectivity index (χ2v) is 4.47. The highest BCUT2D eigenvalue weighted by molar-refractivity contribution is 5.26. The fourth-order valence-electron chi connectivity index (χ4n) is 2.03. The van der Waals surface area contributed by atoms with Gasteiger partial charge in [-0.3, -0.25) is 0 Å². The number of halogens is 1. The molecule has 76 valence electrons. The fourth-order valence-corrected chi connectivity index (χ4v) is 2.03. The Labute approximate surface area is 84.3 Å². The van der Waals surface area contributed by atoms with Gasteiger partial charge in [-0.15, -0.1) is 0 Å². The molecule has 2 atom stereocenters. The smallest absolute Gasteiger partial charge is 0.122 e. The molecular formula is C12H16FN. The Morgan fingerprint density at radius 1 is 1.50 bits per heavy atom. The molecule has 2 unspecified atom stereocenters. The van der Waals surface area contributed by atoms with E-state index in [1.165, 1.54) is 11.1 Å². The minimum absolute atomic E-state index is 0.185. The summed E-state index contributed by atoms with van der Waals surface area (Å²) in [7, 11) is 0. The van der Waals surface area contributed by atoms with Gasteiger partial charge in [-0.2, -0.15) is 0 Å². The monoisotopic (exact) mass is 193 g/mol. The van der Waals surface area contributed by atoms with E-state index in [4.69, 9.17) is 0 Å². The molecule has 0 radical (unpaired) electrons. The molecule has 1 fully saturated rings. The first kappa shape index (κ1) is 9.66. The molecule has 1 saturated heterocycles. The van der Waals surface area contributed by atoms with Crippen LogP contribution in [0.2, 0.25) is 0 Å². The summed E-state index contributed by atoms with van der Waals surface area (Å²) in [4.78, 5) is 0. The largest absolute Gasteiger partial charge is 0.307 e. The number of benzene rings is 1. The molecule has 1 aliphatic rings. The van der Waals surface area contributed by atoms with Crippen LogP contribution in [0.1, 0.15) is 30.5 Å². The Morgan fingerprint density at radius 3 is 2.86 bits per heavy atom. The van der Waals surface area contributed by atoms with Crippen LogP contribution in [0.3, 0.4) is 0 Å². The minimum atomic E-state index is -1.05. The van der Waals surface area contributed by atoms with Crippen molar-refractivity contribution in [1.82, 2.24) is 5.32 Å². The molecule has 1 aromatic rings. The van der Waals surface area contributed by atoms with Crippen molar-refractivity contribution in [2.45, 2.75) is 32.0 Å². The van der Waals surface area contributed by atoms with Crippen molar-refractivity contribution in [3.05, 3.63) is 35.4 Å². The highest BCUT2D eigenvalue weighted by atomic mass is 19.1. The molecule has 0 saturated carbocycles. The van der Waals surface area contributed by atoms with E-state index in [9.17, 15) is 4.39 Å². The van der Waals surface area contributed by atoms with Crippen LogP contribution in [0.5, 0.6) is 0 Å². The van der Waals surface area contributed by atoms with Crippen LogP contribution in [0.4, 0.5) is 4.39 Å². The van der Waals surface area contributed by atoms with Gasteiger partial charge in [0.05, 0.1) is 0 Å². The minimum Gasteiger partial charge on any atom is -0.307 e. The normalized spacial score (nSPS) is 32.1. The van der Waals surface area contributed by atoms with Gasteiger partial charge in [0.2, 0.25) is 0 Å². The zero-order valence-electron chi connectivity index (χ0n) is 8.68. The standard InChI is InChI=1S/C12H16FN/c1-9-4-3-5-10(6-9)11-7-12(2,13)8-14-11/h3-6,11,14H,7-8H2,1-2H3. The number of hydrogen-bond donors (Lipinski definition) is 1. The van der Waals surface area contributed by atoms with Crippen LogP contribution in [-0.2, 0) is 0 Å². The van der Waals surface area contributed by atoms with Crippen LogP contribution in [0, 0.1) is 6.92 Å². The molecule has 0 aromatic heterocycles. The van der Waals surface area contributed by atoms with Crippen molar-refractivity contribution < 1.29 is 4.39 Å². The van der Waals surface area contributed by atoms with Gasteiger partial charge in [0.25, 0.3) is 0 Å². The SMILES string of the molecule is Cc1cccc(C2CC(C)(F)CN2)c1. The average molecular weight is 193 g/mol. The molecule has 0 bridgehead atoms. The van der Waals surface area contributed by atoms with Crippen LogP contribution < -0.4 is 5.32 Å². The van der Waals surface area contributed by atoms with E-state index < -0.39 is 5.67 Å². The molecule has 1 N–H and O–H groups in total. The lowest BCUT2D eigenvalue weighted by Crippen LogP contribution is -2.20. The van der Waals surface area contributed by atoms with Gasteiger partial charge >= 0.3 is 0 Å². The Morgan fingerprint density at radius 2 is 2.29 bits per heavy atom. The summed E-state index contributed by atoms with van der Waals surface area (Å²) in [6, 6.07) is 8.46. The predicted molar refractivity (Wildman–Crippen MR) is 56.1 cm³/mol. The van der Waals surface area contributed by atoms with Crippen molar-refractivity contribution in [2.75, 3.05) is 6.54 Å². The molecule has 0 spiro atoms. The molecule has 2 heteroatoms. The zero-order chi connectivity index (χ0) is 10.2. The summed E-state index contributed by atoms with van der Waals surface area (Å²) in [6.07, 6.45) is 0.580. The van der Waals surface area contributed by atoms with E-state index in [-0.39, 0.29) is 6.04 Å². The van der Waals surface area contributed by atoms with Crippen LogP contribution in [0.15, 0.2) is 24.3 Å². The molecule has 14 heavy (non-hydrogen) atoms. The number of aryl methyl sites for hydroxylation is 1. The fraction of sp³-hybridized carbons (Fsp3) is 0.500. The lowest BCUT2D eigenvalue weighted by atomic mass is 9.98. The second kappa shape index (κ2) is 3.35. The maximum absolute atomic E-state index is 13.6. The first-order chi connectivity index (χ1) is 6.57. The van der Waals surface area contributed by atoms with Gasteiger partial charge in [0.1, 0.15) is 5.67 Å². The lowest BCUT2D eigenvalue weighted by Gasteiger charge is -2.12. The van der Waals surface area contributed by atoms with Crippen molar-refractivity contribution in [2.24, 2.45) is 0 Å². The summed E-state index contributed by atoms with van der Waals surface area (Å²) in [6.45, 7) is 4.19. The van der Waals surface area contributed by atoms with Gasteiger partial charge in [-0.05, 0) is 19.4 Å². The zero-order valence-corrected chi connectivity index (χ0v) is 8.68. The van der Waals surface area contributed by atoms with Crippen LogP contribution >= 0.6 is 0 Å². The molecule has 1 nitrogen and oxygen atoms in total. The highest BCUT2D eigenvalue weighted by Gasteiger charge is 2.35. The Hall–Kier alpha value is -0.890. The highest BCUT2D eigenvalue weighted by Crippen LogP contribution is 2.32. The maximum Gasteiger partial charge on any atom is 0.122 e. The number of nitrogens with one attached hydrogen (secondary N) is 1. The van der Waals surface area contributed by atoms with E-state index in [0.29, 0.717) is 13.0 Å². The summed E-state index contributed by atoms with van der Waals surface area (Å²) in [5.41, 5.74) is 1.39. The lowest BCUT2D eigenvalue weighted by molar-refractivity contribution is 0.214. The number of hydrogen-bond acceptors (Lipinski definition) is 1. The van der Waals surface area contributed by atoms with Crippen molar-refractivity contribution in [3.63, 3.8) is 0 Å². The second-order valence-electron chi connectivity index (χ2n) is 4.47. The van der Waals surface area contributed by atoms with Gasteiger partial charge in [0.15, 0.2) is 0 Å². The van der Waals surface area contributed by atoms with Crippen molar-refractivity contribution in [1.29, 1.82) is 0 Å². The third-order valence-corrected chi connectivity index (χ3v) is 2.79.